The van der Waals surface area contributed by atoms with E-state index in [4.69, 9.17) is 0 Å². The fourth-order valence-corrected chi connectivity index (χ4v) is 1.81. The molecule has 0 radical (unpaired) electrons. The van der Waals surface area contributed by atoms with Crippen LogP contribution in [0.4, 0.5) is 0 Å². The third-order valence-electron chi connectivity index (χ3n) is 2.53. The zero-order valence-corrected chi connectivity index (χ0v) is 9.78. The summed E-state index contributed by atoms with van der Waals surface area (Å²) in [5, 5.41) is 0. The molecule has 0 N–H and O–H groups in total. The van der Waals surface area contributed by atoms with Crippen LogP contribution in [0.2, 0.25) is 0 Å². The largest absolute Gasteiger partial charge is 0.304 e. The van der Waals surface area contributed by atoms with Gasteiger partial charge in [-0.25, -0.2) is 4.98 Å². The molecule has 2 aromatic heterocycles. The number of imidazole rings is 1. The predicted octanol–water partition coefficient (Wildman–Crippen LogP) is 2.01. The van der Waals surface area contributed by atoms with Gasteiger partial charge in [-0.1, -0.05) is 6.07 Å². The third kappa shape index (κ3) is 1.88. The molecule has 0 aromatic carbocycles. The molecule has 2 aromatic rings. The number of nitrogens with zero attached hydrogens (tertiary/aromatic N) is 3. The van der Waals surface area contributed by atoms with Gasteiger partial charge in [-0.15, -0.1) is 0 Å². The highest BCUT2D eigenvalue weighted by Gasteiger charge is 2.08. The molecule has 0 aliphatic carbocycles. The van der Waals surface area contributed by atoms with Gasteiger partial charge < -0.3 is 9.30 Å². The molecule has 0 unspecified atom stereocenters. The number of aryl methyl sites for hydroxylation is 2. The summed E-state index contributed by atoms with van der Waals surface area (Å²) in [5.74, 6) is 0. The Morgan fingerprint density at radius 2 is 2.00 bits per heavy atom. The Kier molecular flexibility index (Phi) is 2.49. The van der Waals surface area contributed by atoms with E-state index >= 15 is 0 Å². The van der Waals surface area contributed by atoms with Crippen molar-refractivity contribution in [1.29, 1.82) is 0 Å². The SMILES string of the molecule is Cc1ccc2nc(C)c(CN(C)C)n2c1. The van der Waals surface area contributed by atoms with Crippen LogP contribution < -0.4 is 0 Å². The summed E-state index contributed by atoms with van der Waals surface area (Å²) in [6.07, 6.45) is 2.15. The molecule has 0 amide bonds. The minimum atomic E-state index is 0.927. The first-order valence-electron chi connectivity index (χ1n) is 5.17. The average Bonchev–Trinajstić information content (AvgIpc) is 2.43. The van der Waals surface area contributed by atoms with Crippen LogP contribution in [0.25, 0.3) is 5.65 Å². The Hall–Kier alpha value is -1.35. The summed E-state index contributed by atoms with van der Waals surface area (Å²) in [6.45, 7) is 5.10. The van der Waals surface area contributed by atoms with Gasteiger partial charge in [0.15, 0.2) is 0 Å². The van der Waals surface area contributed by atoms with Gasteiger partial charge in [0, 0.05) is 12.7 Å². The second kappa shape index (κ2) is 3.66. The highest BCUT2D eigenvalue weighted by atomic mass is 15.1. The fraction of sp³-hybridized carbons (Fsp3) is 0.417. The van der Waals surface area contributed by atoms with Crippen molar-refractivity contribution in [3.05, 3.63) is 35.3 Å². The van der Waals surface area contributed by atoms with Gasteiger partial charge in [0.2, 0.25) is 0 Å². The van der Waals surface area contributed by atoms with Crippen LogP contribution in [0.15, 0.2) is 18.3 Å². The number of hydrogen-bond acceptors (Lipinski definition) is 2. The number of hydrogen-bond donors (Lipinski definition) is 0. The van der Waals surface area contributed by atoms with Crippen LogP contribution in [0.5, 0.6) is 0 Å². The number of pyridine rings is 1. The lowest BCUT2D eigenvalue weighted by molar-refractivity contribution is 0.394. The van der Waals surface area contributed by atoms with Crippen LogP contribution in [-0.2, 0) is 6.54 Å². The molecular weight excluding hydrogens is 186 g/mol. The van der Waals surface area contributed by atoms with E-state index in [1.165, 1.54) is 11.3 Å². The molecule has 0 spiro atoms. The highest BCUT2D eigenvalue weighted by Crippen LogP contribution is 2.14. The first-order chi connectivity index (χ1) is 7.08. The zero-order valence-electron chi connectivity index (χ0n) is 9.78. The van der Waals surface area contributed by atoms with E-state index in [0.717, 1.165) is 17.9 Å². The fourth-order valence-electron chi connectivity index (χ4n) is 1.81. The van der Waals surface area contributed by atoms with Gasteiger partial charge in [0.1, 0.15) is 5.65 Å². The van der Waals surface area contributed by atoms with E-state index in [-0.39, 0.29) is 0 Å². The van der Waals surface area contributed by atoms with E-state index in [9.17, 15) is 0 Å². The Bertz CT molecular complexity index is 483. The zero-order chi connectivity index (χ0) is 11.0. The summed E-state index contributed by atoms with van der Waals surface area (Å²) in [7, 11) is 4.16. The normalized spacial score (nSPS) is 11.5. The Morgan fingerprint density at radius 3 is 2.67 bits per heavy atom. The maximum absolute atomic E-state index is 4.54. The Balaban J connectivity index is 2.60. The second-order valence-corrected chi connectivity index (χ2v) is 4.32. The van der Waals surface area contributed by atoms with Gasteiger partial charge >= 0.3 is 0 Å². The van der Waals surface area contributed by atoms with Crippen LogP contribution >= 0.6 is 0 Å². The lowest BCUT2D eigenvalue weighted by atomic mass is 10.3. The van der Waals surface area contributed by atoms with Gasteiger partial charge in [-0.2, -0.15) is 0 Å². The maximum atomic E-state index is 4.54. The average molecular weight is 203 g/mol. The molecule has 0 saturated heterocycles. The highest BCUT2D eigenvalue weighted by molar-refractivity contribution is 5.44. The summed E-state index contributed by atoms with van der Waals surface area (Å²) in [6, 6.07) is 4.17. The molecule has 2 rings (SSSR count). The molecule has 0 saturated carbocycles. The lowest BCUT2D eigenvalue weighted by Gasteiger charge is -2.10. The smallest absolute Gasteiger partial charge is 0.137 e. The summed E-state index contributed by atoms with van der Waals surface area (Å²) in [5.41, 5.74) is 4.70. The topological polar surface area (TPSA) is 20.5 Å². The van der Waals surface area contributed by atoms with Crippen molar-refractivity contribution < 1.29 is 0 Å². The Morgan fingerprint density at radius 1 is 1.27 bits per heavy atom. The number of fused-ring (bicyclic) bond motifs is 1. The van der Waals surface area contributed by atoms with Crippen molar-refractivity contribution in [2.45, 2.75) is 20.4 Å². The molecule has 3 nitrogen and oxygen atoms in total. The first kappa shape index (κ1) is 10.2. The number of aromatic nitrogens is 2. The molecule has 0 bridgehead atoms. The van der Waals surface area contributed by atoms with Crippen LogP contribution in [0.1, 0.15) is 17.0 Å². The molecule has 3 heteroatoms. The van der Waals surface area contributed by atoms with E-state index in [2.05, 4.69) is 60.6 Å². The standard InChI is InChI=1S/C12H17N3/c1-9-5-6-12-13-10(2)11(8-14(3)4)15(12)7-9/h5-7H,8H2,1-4H3. The van der Waals surface area contributed by atoms with Crippen molar-refractivity contribution in [1.82, 2.24) is 14.3 Å². The molecule has 15 heavy (non-hydrogen) atoms. The first-order valence-corrected chi connectivity index (χ1v) is 5.17. The minimum Gasteiger partial charge on any atom is -0.304 e. The van der Waals surface area contributed by atoms with E-state index in [0.29, 0.717) is 0 Å². The Labute approximate surface area is 90.4 Å². The van der Waals surface area contributed by atoms with Gasteiger partial charge in [0.25, 0.3) is 0 Å². The lowest BCUT2D eigenvalue weighted by Crippen LogP contribution is -2.13. The van der Waals surface area contributed by atoms with Gasteiger partial charge in [-0.3, -0.25) is 0 Å². The van der Waals surface area contributed by atoms with Gasteiger partial charge in [-0.05, 0) is 39.6 Å². The van der Waals surface area contributed by atoms with E-state index in [1.807, 2.05) is 0 Å². The van der Waals surface area contributed by atoms with E-state index < -0.39 is 0 Å². The summed E-state index contributed by atoms with van der Waals surface area (Å²) < 4.78 is 2.19. The van der Waals surface area contributed by atoms with Gasteiger partial charge in [0.05, 0.1) is 11.4 Å². The summed E-state index contributed by atoms with van der Waals surface area (Å²) in [4.78, 5) is 6.71. The van der Waals surface area contributed by atoms with Crippen LogP contribution in [-0.4, -0.2) is 28.4 Å². The number of rotatable bonds is 2. The monoisotopic (exact) mass is 203 g/mol. The van der Waals surface area contributed by atoms with E-state index in [1.54, 1.807) is 0 Å². The quantitative estimate of drug-likeness (QED) is 0.744. The second-order valence-electron chi connectivity index (χ2n) is 4.32. The predicted molar refractivity (Wildman–Crippen MR) is 62.1 cm³/mol. The van der Waals surface area contributed by atoms with Crippen molar-refractivity contribution in [3.63, 3.8) is 0 Å². The molecule has 0 atom stereocenters. The van der Waals surface area contributed by atoms with Crippen molar-refractivity contribution in [3.8, 4) is 0 Å². The third-order valence-corrected chi connectivity index (χ3v) is 2.53. The molecule has 80 valence electrons. The van der Waals surface area contributed by atoms with Crippen molar-refractivity contribution in [2.75, 3.05) is 14.1 Å². The minimum absolute atomic E-state index is 0.927. The van der Waals surface area contributed by atoms with Crippen LogP contribution in [0, 0.1) is 13.8 Å². The molecule has 0 fully saturated rings. The molecule has 2 heterocycles. The van der Waals surface area contributed by atoms with Crippen LogP contribution in [0.3, 0.4) is 0 Å². The molecular formula is C12H17N3. The van der Waals surface area contributed by atoms with Crippen molar-refractivity contribution in [2.24, 2.45) is 0 Å². The maximum Gasteiger partial charge on any atom is 0.137 e. The molecule has 0 aliphatic rings. The molecule has 0 aliphatic heterocycles. The summed E-state index contributed by atoms with van der Waals surface area (Å²) >= 11 is 0. The van der Waals surface area contributed by atoms with Crippen molar-refractivity contribution >= 4 is 5.65 Å².